The molecule has 0 spiro atoms. The van der Waals surface area contributed by atoms with E-state index in [0.717, 1.165) is 19.4 Å². The predicted molar refractivity (Wildman–Crippen MR) is 54.4 cm³/mol. The van der Waals surface area contributed by atoms with Crippen LogP contribution < -0.4 is 5.32 Å². The van der Waals surface area contributed by atoms with E-state index < -0.39 is 0 Å². The van der Waals surface area contributed by atoms with Crippen LogP contribution >= 0.6 is 0 Å². The van der Waals surface area contributed by atoms with Crippen LogP contribution in [-0.4, -0.2) is 17.9 Å². The minimum Gasteiger partial charge on any atom is -0.379 e. The van der Waals surface area contributed by atoms with E-state index in [9.17, 15) is 5.11 Å². The molecule has 2 heteroatoms. The van der Waals surface area contributed by atoms with Gasteiger partial charge in [0.25, 0.3) is 0 Å². The summed E-state index contributed by atoms with van der Waals surface area (Å²) in [6.45, 7) is 2.79. The number of hydrogen-bond acceptors (Lipinski definition) is 2. The summed E-state index contributed by atoms with van der Waals surface area (Å²) in [6.07, 6.45) is 1.37. The SMILES string of the molecule is CCC(O)NCCc1ccccc1. The van der Waals surface area contributed by atoms with Crippen LogP contribution in [0, 0.1) is 0 Å². The highest BCUT2D eigenvalue weighted by Gasteiger charge is 1.97. The molecule has 0 aliphatic heterocycles. The van der Waals surface area contributed by atoms with Crippen LogP contribution in [0.4, 0.5) is 0 Å². The zero-order chi connectivity index (χ0) is 9.52. The van der Waals surface area contributed by atoms with E-state index in [1.165, 1.54) is 5.56 Å². The fraction of sp³-hybridized carbons (Fsp3) is 0.455. The van der Waals surface area contributed by atoms with Crippen molar-refractivity contribution in [2.24, 2.45) is 0 Å². The molecule has 1 atom stereocenters. The number of aliphatic hydroxyl groups is 1. The van der Waals surface area contributed by atoms with Crippen LogP contribution in [0.2, 0.25) is 0 Å². The van der Waals surface area contributed by atoms with Crippen LogP contribution in [0.25, 0.3) is 0 Å². The number of benzene rings is 1. The largest absolute Gasteiger partial charge is 0.379 e. The molecule has 2 N–H and O–H groups in total. The van der Waals surface area contributed by atoms with Crippen LogP contribution in [0.3, 0.4) is 0 Å². The van der Waals surface area contributed by atoms with E-state index in [1.54, 1.807) is 0 Å². The van der Waals surface area contributed by atoms with Crippen LogP contribution in [-0.2, 0) is 6.42 Å². The normalized spacial score (nSPS) is 12.8. The summed E-state index contributed by atoms with van der Waals surface area (Å²) in [5, 5.41) is 12.3. The van der Waals surface area contributed by atoms with Crippen molar-refractivity contribution in [3.8, 4) is 0 Å². The van der Waals surface area contributed by atoms with Crippen molar-refractivity contribution in [3.63, 3.8) is 0 Å². The lowest BCUT2D eigenvalue weighted by atomic mass is 10.1. The molecule has 0 radical (unpaired) electrons. The molecule has 0 saturated carbocycles. The first kappa shape index (κ1) is 10.2. The Morgan fingerprint density at radius 1 is 1.31 bits per heavy atom. The van der Waals surface area contributed by atoms with Gasteiger partial charge in [0.2, 0.25) is 0 Å². The zero-order valence-electron chi connectivity index (χ0n) is 8.03. The summed E-state index contributed by atoms with van der Waals surface area (Å²) < 4.78 is 0. The number of hydrogen-bond donors (Lipinski definition) is 2. The van der Waals surface area contributed by atoms with Crippen LogP contribution in [0.1, 0.15) is 18.9 Å². The van der Waals surface area contributed by atoms with Crippen molar-refractivity contribution in [1.82, 2.24) is 5.32 Å². The molecule has 0 amide bonds. The van der Waals surface area contributed by atoms with E-state index in [0.29, 0.717) is 0 Å². The maximum atomic E-state index is 9.22. The van der Waals surface area contributed by atoms with Gasteiger partial charge in [-0.15, -0.1) is 0 Å². The maximum absolute atomic E-state index is 9.22. The Morgan fingerprint density at radius 2 is 2.00 bits per heavy atom. The van der Waals surface area contributed by atoms with Crippen molar-refractivity contribution in [2.45, 2.75) is 26.0 Å². The zero-order valence-corrected chi connectivity index (χ0v) is 8.03. The third-order valence-corrected chi connectivity index (χ3v) is 2.02. The van der Waals surface area contributed by atoms with Gasteiger partial charge in [0, 0.05) is 6.54 Å². The standard InChI is InChI=1S/C11H17NO/c1-2-11(13)12-9-8-10-6-4-3-5-7-10/h3-7,11-13H,2,8-9H2,1H3. The topological polar surface area (TPSA) is 32.3 Å². The van der Waals surface area contributed by atoms with Gasteiger partial charge in [-0.2, -0.15) is 0 Å². The minimum atomic E-state index is -0.358. The van der Waals surface area contributed by atoms with Gasteiger partial charge in [-0.3, -0.25) is 5.32 Å². The van der Waals surface area contributed by atoms with Gasteiger partial charge in [-0.25, -0.2) is 0 Å². The Morgan fingerprint density at radius 3 is 2.62 bits per heavy atom. The van der Waals surface area contributed by atoms with Crippen LogP contribution in [0.15, 0.2) is 30.3 Å². The Hall–Kier alpha value is -0.860. The number of nitrogens with one attached hydrogen (secondary N) is 1. The minimum absolute atomic E-state index is 0.358. The lowest BCUT2D eigenvalue weighted by Gasteiger charge is -2.09. The molecule has 1 unspecified atom stereocenters. The van der Waals surface area contributed by atoms with Gasteiger partial charge in [-0.05, 0) is 18.4 Å². The van der Waals surface area contributed by atoms with Crippen molar-refractivity contribution >= 4 is 0 Å². The first-order chi connectivity index (χ1) is 6.33. The summed E-state index contributed by atoms with van der Waals surface area (Å²) in [4.78, 5) is 0. The monoisotopic (exact) mass is 179 g/mol. The molecule has 0 aliphatic rings. The molecule has 72 valence electrons. The lowest BCUT2D eigenvalue weighted by molar-refractivity contribution is 0.134. The molecule has 13 heavy (non-hydrogen) atoms. The summed E-state index contributed by atoms with van der Waals surface area (Å²) in [7, 11) is 0. The smallest absolute Gasteiger partial charge is 0.104 e. The summed E-state index contributed by atoms with van der Waals surface area (Å²) in [5.74, 6) is 0. The highest BCUT2D eigenvalue weighted by atomic mass is 16.3. The van der Waals surface area contributed by atoms with Crippen molar-refractivity contribution in [1.29, 1.82) is 0 Å². The maximum Gasteiger partial charge on any atom is 0.104 e. The van der Waals surface area contributed by atoms with E-state index in [2.05, 4.69) is 17.4 Å². The summed E-state index contributed by atoms with van der Waals surface area (Å²) in [5.41, 5.74) is 1.30. The van der Waals surface area contributed by atoms with Gasteiger partial charge in [0.1, 0.15) is 6.23 Å². The fourth-order valence-electron chi connectivity index (χ4n) is 1.17. The second kappa shape index (κ2) is 5.73. The molecule has 0 aliphatic carbocycles. The lowest BCUT2D eigenvalue weighted by Crippen LogP contribution is -2.29. The quantitative estimate of drug-likeness (QED) is 0.672. The predicted octanol–water partition coefficient (Wildman–Crippen LogP) is 1.55. The molecule has 1 rings (SSSR count). The molecular formula is C11H17NO. The van der Waals surface area contributed by atoms with E-state index in [4.69, 9.17) is 0 Å². The molecule has 1 aromatic rings. The molecule has 0 bridgehead atoms. The Balaban J connectivity index is 2.20. The summed E-state index contributed by atoms with van der Waals surface area (Å²) >= 11 is 0. The molecule has 0 aromatic heterocycles. The van der Waals surface area contributed by atoms with Gasteiger partial charge in [0.15, 0.2) is 0 Å². The van der Waals surface area contributed by atoms with Gasteiger partial charge in [0.05, 0.1) is 0 Å². The first-order valence-corrected chi connectivity index (χ1v) is 4.78. The Kier molecular flexibility index (Phi) is 4.50. The summed E-state index contributed by atoms with van der Waals surface area (Å²) in [6, 6.07) is 10.3. The average molecular weight is 179 g/mol. The van der Waals surface area contributed by atoms with Gasteiger partial charge < -0.3 is 5.11 Å². The molecule has 1 aromatic carbocycles. The second-order valence-corrected chi connectivity index (χ2v) is 3.11. The molecule has 0 saturated heterocycles. The highest BCUT2D eigenvalue weighted by molar-refractivity contribution is 5.14. The number of rotatable bonds is 5. The Bertz CT molecular complexity index is 223. The molecule has 2 nitrogen and oxygen atoms in total. The van der Waals surface area contributed by atoms with Crippen molar-refractivity contribution in [3.05, 3.63) is 35.9 Å². The molecular weight excluding hydrogens is 162 g/mol. The van der Waals surface area contributed by atoms with Gasteiger partial charge >= 0.3 is 0 Å². The van der Waals surface area contributed by atoms with E-state index >= 15 is 0 Å². The third kappa shape index (κ3) is 4.06. The molecule has 0 fully saturated rings. The van der Waals surface area contributed by atoms with E-state index in [-0.39, 0.29) is 6.23 Å². The Labute approximate surface area is 79.6 Å². The van der Waals surface area contributed by atoms with Crippen molar-refractivity contribution in [2.75, 3.05) is 6.54 Å². The second-order valence-electron chi connectivity index (χ2n) is 3.11. The van der Waals surface area contributed by atoms with E-state index in [1.807, 2.05) is 25.1 Å². The van der Waals surface area contributed by atoms with Gasteiger partial charge in [-0.1, -0.05) is 37.3 Å². The fourth-order valence-corrected chi connectivity index (χ4v) is 1.17. The number of aliphatic hydroxyl groups excluding tert-OH is 1. The first-order valence-electron chi connectivity index (χ1n) is 4.78. The third-order valence-electron chi connectivity index (χ3n) is 2.02. The van der Waals surface area contributed by atoms with Crippen molar-refractivity contribution < 1.29 is 5.11 Å². The molecule has 0 heterocycles. The average Bonchev–Trinajstić information content (AvgIpc) is 2.19. The van der Waals surface area contributed by atoms with Crippen LogP contribution in [0.5, 0.6) is 0 Å². The highest BCUT2D eigenvalue weighted by Crippen LogP contribution is 1.98.